The van der Waals surface area contributed by atoms with Gasteiger partial charge in [0.25, 0.3) is 0 Å². The van der Waals surface area contributed by atoms with E-state index in [0.717, 1.165) is 27.5 Å². The second-order valence-electron chi connectivity index (χ2n) is 4.38. The van der Waals surface area contributed by atoms with Crippen LogP contribution in [0.4, 0.5) is 0 Å². The molecule has 4 heteroatoms. The highest BCUT2D eigenvalue weighted by Gasteiger charge is 2.13. The van der Waals surface area contributed by atoms with Crippen molar-refractivity contribution in [1.29, 1.82) is 0 Å². The Labute approximate surface area is 112 Å². The van der Waals surface area contributed by atoms with E-state index in [1.165, 1.54) is 0 Å². The molecule has 0 spiro atoms. The Morgan fingerprint density at radius 1 is 0.947 bits per heavy atom. The van der Waals surface area contributed by atoms with E-state index in [9.17, 15) is 10.2 Å². The van der Waals surface area contributed by atoms with Gasteiger partial charge in [-0.25, -0.2) is 0 Å². The minimum absolute atomic E-state index is 0.0913. The normalized spacial score (nSPS) is 10.8. The summed E-state index contributed by atoms with van der Waals surface area (Å²) in [6.45, 7) is 1.74. The molecule has 0 fully saturated rings. The first-order chi connectivity index (χ1) is 9.15. The van der Waals surface area contributed by atoms with Gasteiger partial charge in [0.05, 0.1) is 27.4 Å². The van der Waals surface area contributed by atoms with Crippen LogP contribution in [0.1, 0.15) is 16.7 Å². The van der Waals surface area contributed by atoms with Crippen molar-refractivity contribution in [3.8, 4) is 11.5 Å². The standard InChI is InChI=1S/C15H18O4/c1-9-12-6-15(19-3)14(18-2)5-10(12)4-11(7-16)13(9)8-17/h4-6,16-17H,7-8H2,1-3H3. The molecule has 0 aliphatic carbocycles. The van der Waals surface area contributed by atoms with E-state index in [4.69, 9.17) is 9.47 Å². The second-order valence-corrected chi connectivity index (χ2v) is 4.38. The third-order valence-electron chi connectivity index (χ3n) is 3.46. The van der Waals surface area contributed by atoms with Crippen LogP contribution < -0.4 is 9.47 Å². The lowest BCUT2D eigenvalue weighted by molar-refractivity contribution is 0.259. The molecule has 19 heavy (non-hydrogen) atoms. The van der Waals surface area contributed by atoms with Crippen LogP contribution in [-0.2, 0) is 13.2 Å². The first-order valence-corrected chi connectivity index (χ1v) is 6.05. The van der Waals surface area contributed by atoms with Gasteiger partial charge in [-0.2, -0.15) is 0 Å². The van der Waals surface area contributed by atoms with E-state index in [1.807, 2.05) is 25.1 Å². The maximum atomic E-state index is 9.45. The van der Waals surface area contributed by atoms with E-state index < -0.39 is 0 Å². The number of hydrogen-bond acceptors (Lipinski definition) is 4. The number of aryl methyl sites for hydroxylation is 1. The van der Waals surface area contributed by atoms with E-state index >= 15 is 0 Å². The summed E-state index contributed by atoms with van der Waals surface area (Å²) in [5, 5.41) is 20.8. The summed E-state index contributed by atoms with van der Waals surface area (Å²) in [5.41, 5.74) is 2.45. The van der Waals surface area contributed by atoms with Gasteiger partial charge in [0.15, 0.2) is 11.5 Å². The SMILES string of the molecule is COc1cc2cc(CO)c(CO)c(C)c2cc1OC. The van der Waals surface area contributed by atoms with E-state index in [-0.39, 0.29) is 13.2 Å². The number of benzene rings is 2. The van der Waals surface area contributed by atoms with Crippen molar-refractivity contribution in [3.05, 3.63) is 34.9 Å². The van der Waals surface area contributed by atoms with Crippen molar-refractivity contribution in [2.45, 2.75) is 20.1 Å². The highest BCUT2D eigenvalue weighted by Crippen LogP contribution is 2.35. The van der Waals surface area contributed by atoms with Crippen LogP contribution in [-0.4, -0.2) is 24.4 Å². The van der Waals surface area contributed by atoms with Crippen molar-refractivity contribution in [3.63, 3.8) is 0 Å². The van der Waals surface area contributed by atoms with Crippen LogP contribution in [0.5, 0.6) is 11.5 Å². The number of aliphatic hydroxyl groups excluding tert-OH is 2. The van der Waals surface area contributed by atoms with E-state index in [2.05, 4.69) is 0 Å². The van der Waals surface area contributed by atoms with E-state index in [1.54, 1.807) is 14.2 Å². The summed E-state index contributed by atoms with van der Waals surface area (Å²) in [5.74, 6) is 1.30. The zero-order chi connectivity index (χ0) is 14.0. The Balaban J connectivity index is 2.80. The van der Waals surface area contributed by atoms with Crippen LogP contribution in [0.25, 0.3) is 10.8 Å². The fourth-order valence-corrected chi connectivity index (χ4v) is 2.38. The molecular formula is C15H18O4. The van der Waals surface area contributed by atoms with Crippen molar-refractivity contribution in [2.75, 3.05) is 14.2 Å². The predicted molar refractivity (Wildman–Crippen MR) is 73.6 cm³/mol. The van der Waals surface area contributed by atoms with Gasteiger partial charge in [0.2, 0.25) is 0 Å². The molecule has 2 N–H and O–H groups in total. The third kappa shape index (κ3) is 2.25. The molecule has 4 nitrogen and oxygen atoms in total. The van der Waals surface area contributed by atoms with Gasteiger partial charge in [0, 0.05) is 0 Å². The molecule has 0 amide bonds. The topological polar surface area (TPSA) is 58.9 Å². The molecule has 2 rings (SSSR count). The molecule has 0 heterocycles. The second kappa shape index (κ2) is 5.47. The van der Waals surface area contributed by atoms with E-state index in [0.29, 0.717) is 11.5 Å². The van der Waals surface area contributed by atoms with Crippen LogP contribution in [0.15, 0.2) is 18.2 Å². The maximum absolute atomic E-state index is 9.45. The first-order valence-electron chi connectivity index (χ1n) is 6.05. The summed E-state index contributed by atoms with van der Waals surface area (Å²) in [6, 6.07) is 5.64. The molecule has 0 radical (unpaired) electrons. The van der Waals surface area contributed by atoms with Crippen LogP contribution in [0.3, 0.4) is 0 Å². The van der Waals surface area contributed by atoms with Gasteiger partial charge in [-0.05, 0) is 52.6 Å². The number of hydrogen-bond donors (Lipinski definition) is 2. The zero-order valence-electron chi connectivity index (χ0n) is 11.4. The van der Waals surface area contributed by atoms with Crippen molar-refractivity contribution in [2.24, 2.45) is 0 Å². The van der Waals surface area contributed by atoms with Gasteiger partial charge in [-0.3, -0.25) is 0 Å². The molecule has 0 atom stereocenters. The summed E-state index contributed by atoms with van der Waals surface area (Å²) >= 11 is 0. The fourth-order valence-electron chi connectivity index (χ4n) is 2.38. The molecule has 0 unspecified atom stereocenters. The zero-order valence-corrected chi connectivity index (χ0v) is 11.4. The van der Waals surface area contributed by atoms with Crippen molar-refractivity contribution < 1.29 is 19.7 Å². The molecule has 0 aliphatic rings. The molecule has 0 saturated carbocycles. The molecular weight excluding hydrogens is 244 g/mol. The fraction of sp³-hybridized carbons (Fsp3) is 0.333. The largest absolute Gasteiger partial charge is 0.493 e. The monoisotopic (exact) mass is 262 g/mol. The van der Waals surface area contributed by atoms with Gasteiger partial charge in [-0.1, -0.05) is 0 Å². The third-order valence-corrected chi connectivity index (χ3v) is 3.46. The molecule has 0 aliphatic heterocycles. The predicted octanol–water partition coefficient (Wildman–Crippen LogP) is 2.15. The number of rotatable bonds is 4. The Bertz CT molecular complexity index is 600. The Kier molecular flexibility index (Phi) is 3.93. The lowest BCUT2D eigenvalue weighted by Crippen LogP contribution is -1.99. The minimum atomic E-state index is -0.0962. The van der Waals surface area contributed by atoms with Crippen LogP contribution in [0, 0.1) is 6.92 Å². The molecule has 102 valence electrons. The summed E-state index contributed by atoms with van der Waals surface area (Å²) in [4.78, 5) is 0. The van der Waals surface area contributed by atoms with Crippen LogP contribution >= 0.6 is 0 Å². The first kappa shape index (κ1) is 13.6. The summed E-state index contributed by atoms with van der Waals surface area (Å²) < 4.78 is 10.6. The van der Waals surface area contributed by atoms with Gasteiger partial charge in [0.1, 0.15) is 0 Å². The average molecular weight is 262 g/mol. The maximum Gasteiger partial charge on any atom is 0.161 e. The summed E-state index contributed by atoms with van der Waals surface area (Å²) in [7, 11) is 3.18. The Morgan fingerprint density at radius 2 is 1.58 bits per heavy atom. The average Bonchev–Trinajstić information content (AvgIpc) is 2.45. The number of aliphatic hydroxyl groups is 2. The van der Waals surface area contributed by atoms with Crippen molar-refractivity contribution in [1.82, 2.24) is 0 Å². The molecule has 0 saturated heterocycles. The highest BCUT2D eigenvalue weighted by molar-refractivity contribution is 5.90. The smallest absolute Gasteiger partial charge is 0.161 e. The van der Waals surface area contributed by atoms with Crippen molar-refractivity contribution >= 4 is 10.8 Å². The molecule has 2 aromatic rings. The number of ether oxygens (including phenoxy) is 2. The molecule has 2 aromatic carbocycles. The quantitative estimate of drug-likeness (QED) is 0.886. The molecule has 0 bridgehead atoms. The number of methoxy groups -OCH3 is 2. The lowest BCUT2D eigenvalue weighted by atomic mass is 9.95. The number of fused-ring (bicyclic) bond motifs is 1. The van der Waals surface area contributed by atoms with Crippen LogP contribution in [0.2, 0.25) is 0 Å². The Morgan fingerprint density at radius 3 is 2.11 bits per heavy atom. The Hall–Kier alpha value is -1.78. The van der Waals surface area contributed by atoms with Gasteiger partial charge in [-0.15, -0.1) is 0 Å². The lowest BCUT2D eigenvalue weighted by Gasteiger charge is -2.15. The van der Waals surface area contributed by atoms with Gasteiger partial charge < -0.3 is 19.7 Å². The summed E-state index contributed by atoms with van der Waals surface area (Å²) in [6.07, 6.45) is 0. The highest BCUT2D eigenvalue weighted by atomic mass is 16.5. The minimum Gasteiger partial charge on any atom is -0.493 e. The molecule has 0 aromatic heterocycles. The van der Waals surface area contributed by atoms with Gasteiger partial charge >= 0.3 is 0 Å².